The van der Waals surface area contributed by atoms with E-state index in [9.17, 15) is 4.79 Å². The van der Waals surface area contributed by atoms with Gasteiger partial charge in [-0.1, -0.05) is 23.7 Å². The number of anilines is 1. The molecular weight excluding hydrogens is 400 g/mol. The minimum Gasteiger partial charge on any atom is -0.355 e. The monoisotopic (exact) mass is 422 g/mol. The average Bonchev–Trinajstić information content (AvgIpc) is 3.17. The number of aromatic amines is 2. The van der Waals surface area contributed by atoms with E-state index in [0.29, 0.717) is 22.2 Å². The van der Waals surface area contributed by atoms with Crippen LogP contribution in [0.1, 0.15) is 25.7 Å². The summed E-state index contributed by atoms with van der Waals surface area (Å²) < 4.78 is 0. The molecule has 0 saturated heterocycles. The molecule has 2 atom stereocenters. The van der Waals surface area contributed by atoms with Gasteiger partial charge in [0.25, 0.3) is 0 Å². The second kappa shape index (κ2) is 7.41. The molecule has 7 nitrogen and oxygen atoms in total. The van der Waals surface area contributed by atoms with E-state index < -0.39 is 0 Å². The van der Waals surface area contributed by atoms with E-state index in [1.165, 1.54) is 6.07 Å². The average molecular weight is 423 g/mol. The van der Waals surface area contributed by atoms with Gasteiger partial charge in [0.15, 0.2) is 5.65 Å². The van der Waals surface area contributed by atoms with E-state index in [-0.39, 0.29) is 11.6 Å². The Labute approximate surface area is 178 Å². The van der Waals surface area contributed by atoms with E-state index in [2.05, 4.69) is 21.9 Å². The van der Waals surface area contributed by atoms with Crippen molar-refractivity contribution in [2.24, 2.45) is 5.73 Å². The smallest absolute Gasteiger partial charge is 0.248 e. The summed E-state index contributed by atoms with van der Waals surface area (Å²) in [4.78, 5) is 29.5. The molecule has 1 saturated carbocycles. The summed E-state index contributed by atoms with van der Waals surface area (Å²) in [5.74, 6) is 0.823. The van der Waals surface area contributed by atoms with Crippen LogP contribution >= 0.6 is 11.6 Å². The minimum absolute atomic E-state index is 0.185. The molecule has 8 heteroatoms. The summed E-state index contributed by atoms with van der Waals surface area (Å²) in [7, 11) is 2.05. The lowest BCUT2D eigenvalue weighted by Crippen LogP contribution is -2.41. The molecule has 1 aromatic carbocycles. The molecule has 0 bridgehead atoms. The molecule has 4 aromatic rings. The molecule has 0 aliphatic heterocycles. The normalized spacial score (nSPS) is 19.4. The Hall–Kier alpha value is -2.90. The Kier molecular flexibility index (Phi) is 4.72. The molecular formula is C22H23ClN6O. The first-order valence-corrected chi connectivity index (χ1v) is 10.5. The Bertz CT molecular complexity index is 1300. The highest BCUT2D eigenvalue weighted by molar-refractivity contribution is 6.38. The van der Waals surface area contributed by atoms with Crippen molar-refractivity contribution in [3.63, 3.8) is 0 Å². The molecule has 3 heterocycles. The first-order valence-electron chi connectivity index (χ1n) is 10.2. The molecule has 0 radical (unpaired) electrons. The van der Waals surface area contributed by atoms with Crippen molar-refractivity contribution >= 4 is 39.5 Å². The lowest BCUT2D eigenvalue weighted by Gasteiger charge is -2.34. The number of halogens is 1. The fourth-order valence-corrected chi connectivity index (χ4v) is 4.72. The summed E-state index contributed by atoms with van der Waals surface area (Å²) in [6.45, 7) is 0. The fraction of sp³-hybridized carbons (Fsp3) is 0.318. The van der Waals surface area contributed by atoms with Gasteiger partial charge in [0.1, 0.15) is 11.3 Å². The summed E-state index contributed by atoms with van der Waals surface area (Å²) >= 11 is 6.65. The van der Waals surface area contributed by atoms with Gasteiger partial charge in [-0.05, 0) is 37.1 Å². The first kappa shape index (κ1) is 19.1. The van der Waals surface area contributed by atoms with Gasteiger partial charge in [-0.15, -0.1) is 0 Å². The molecule has 0 amide bonds. The van der Waals surface area contributed by atoms with E-state index in [4.69, 9.17) is 27.3 Å². The third-order valence-electron chi connectivity index (χ3n) is 6.09. The molecule has 1 fully saturated rings. The third kappa shape index (κ3) is 3.24. The van der Waals surface area contributed by atoms with E-state index in [0.717, 1.165) is 53.5 Å². The minimum atomic E-state index is -0.185. The van der Waals surface area contributed by atoms with Crippen molar-refractivity contribution in [1.29, 1.82) is 0 Å². The van der Waals surface area contributed by atoms with Crippen LogP contribution in [0.15, 0.2) is 41.5 Å². The van der Waals surface area contributed by atoms with Crippen LogP contribution in [0.25, 0.3) is 33.2 Å². The van der Waals surface area contributed by atoms with Gasteiger partial charge in [-0.25, -0.2) is 9.97 Å². The van der Waals surface area contributed by atoms with Gasteiger partial charge in [0.2, 0.25) is 5.56 Å². The van der Waals surface area contributed by atoms with Crippen molar-refractivity contribution < 1.29 is 0 Å². The summed E-state index contributed by atoms with van der Waals surface area (Å²) in [5, 5.41) is 1.37. The second-order valence-corrected chi connectivity index (χ2v) is 8.41. The van der Waals surface area contributed by atoms with Crippen LogP contribution in [0.4, 0.5) is 5.82 Å². The first-order chi connectivity index (χ1) is 14.5. The molecule has 1 aliphatic carbocycles. The lowest BCUT2D eigenvalue weighted by atomic mass is 9.91. The van der Waals surface area contributed by atoms with Gasteiger partial charge in [-0.2, -0.15) is 0 Å². The zero-order valence-corrected chi connectivity index (χ0v) is 17.4. The second-order valence-electron chi connectivity index (χ2n) is 8.03. The zero-order chi connectivity index (χ0) is 20.8. The SMILES string of the molecule is CN(c1cnc2c(-c3ccc4ccc(=O)[nH]c4c3Cl)c[nH]c2n1)[C@@H]1CCC[C@@H](N)C1. The Balaban J connectivity index is 1.54. The number of hydrogen-bond donors (Lipinski definition) is 3. The molecule has 0 unspecified atom stereocenters. The van der Waals surface area contributed by atoms with Crippen LogP contribution in [0.2, 0.25) is 5.02 Å². The molecule has 3 aromatic heterocycles. The summed E-state index contributed by atoms with van der Waals surface area (Å²) in [6, 6.07) is 7.76. The number of benzene rings is 1. The maximum atomic E-state index is 11.7. The highest BCUT2D eigenvalue weighted by atomic mass is 35.5. The standard InChI is InChI=1S/C22H23ClN6O/c1-29(14-4-2-3-13(24)9-14)17-11-25-21-16(10-26-22(21)27-17)15-7-5-12-6-8-18(30)28-20(12)19(15)23/h5-8,10-11,13-14H,2-4,9,24H2,1H3,(H,26,27)(H,28,30)/t13-,14-/m1/s1. The van der Waals surface area contributed by atoms with Crippen molar-refractivity contribution in [3.05, 3.63) is 52.0 Å². The number of aromatic nitrogens is 4. The highest BCUT2D eigenvalue weighted by Gasteiger charge is 2.24. The highest BCUT2D eigenvalue weighted by Crippen LogP contribution is 2.36. The number of nitrogens with zero attached hydrogens (tertiary/aromatic N) is 3. The van der Waals surface area contributed by atoms with Gasteiger partial charge < -0.3 is 20.6 Å². The van der Waals surface area contributed by atoms with Crippen molar-refractivity contribution in [2.45, 2.75) is 37.8 Å². The molecule has 0 spiro atoms. The Morgan fingerprint density at radius 3 is 2.87 bits per heavy atom. The Morgan fingerprint density at radius 2 is 2.03 bits per heavy atom. The van der Waals surface area contributed by atoms with Crippen LogP contribution < -0.4 is 16.2 Å². The summed E-state index contributed by atoms with van der Waals surface area (Å²) in [5.41, 5.74) is 9.68. The molecule has 30 heavy (non-hydrogen) atoms. The number of rotatable bonds is 3. The van der Waals surface area contributed by atoms with Crippen molar-refractivity contribution in [3.8, 4) is 11.1 Å². The van der Waals surface area contributed by atoms with Crippen LogP contribution in [0.3, 0.4) is 0 Å². The van der Waals surface area contributed by atoms with Gasteiger partial charge in [-0.3, -0.25) is 4.79 Å². The van der Waals surface area contributed by atoms with E-state index >= 15 is 0 Å². The molecule has 154 valence electrons. The van der Waals surface area contributed by atoms with Crippen LogP contribution in [0, 0.1) is 0 Å². The van der Waals surface area contributed by atoms with Crippen molar-refractivity contribution in [1.82, 2.24) is 19.9 Å². The third-order valence-corrected chi connectivity index (χ3v) is 6.48. The predicted molar refractivity (Wildman–Crippen MR) is 121 cm³/mol. The molecule has 4 N–H and O–H groups in total. The van der Waals surface area contributed by atoms with Crippen molar-refractivity contribution in [2.75, 3.05) is 11.9 Å². The largest absolute Gasteiger partial charge is 0.355 e. The quantitative estimate of drug-likeness (QED) is 0.465. The van der Waals surface area contributed by atoms with E-state index in [1.54, 1.807) is 12.3 Å². The maximum Gasteiger partial charge on any atom is 0.248 e. The van der Waals surface area contributed by atoms with Gasteiger partial charge >= 0.3 is 0 Å². The van der Waals surface area contributed by atoms with Gasteiger partial charge in [0, 0.05) is 42.5 Å². The number of hydrogen-bond acceptors (Lipinski definition) is 5. The van der Waals surface area contributed by atoms with Crippen LogP contribution in [-0.2, 0) is 0 Å². The molecule has 1 aliphatic rings. The number of H-pyrrole nitrogens is 2. The van der Waals surface area contributed by atoms with E-state index in [1.807, 2.05) is 18.3 Å². The number of pyridine rings is 1. The summed E-state index contributed by atoms with van der Waals surface area (Å²) in [6.07, 6.45) is 7.98. The molecule has 5 rings (SSSR count). The fourth-order valence-electron chi connectivity index (χ4n) is 4.40. The van der Waals surface area contributed by atoms with Gasteiger partial charge in [0.05, 0.1) is 16.7 Å². The van der Waals surface area contributed by atoms with Crippen LogP contribution in [-0.4, -0.2) is 39.1 Å². The lowest BCUT2D eigenvalue weighted by molar-refractivity contribution is 0.381. The number of nitrogens with two attached hydrogens (primary N) is 1. The number of nitrogens with one attached hydrogen (secondary N) is 2. The Morgan fingerprint density at radius 1 is 1.20 bits per heavy atom. The topological polar surface area (TPSA) is 104 Å². The maximum absolute atomic E-state index is 11.7. The van der Waals surface area contributed by atoms with Crippen LogP contribution in [0.5, 0.6) is 0 Å². The number of fused-ring (bicyclic) bond motifs is 2. The zero-order valence-electron chi connectivity index (χ0n) is 16.7. The predicted octanol–water partition coefficient (Wildman–Crippen LogP) is 3.83.